The Bertz CT molecular complexity index is 562. The molecule has 2 aromatic heterocycles. The molecule has 0 spiro atoms. The Morgan fingerprint density at radius 3 is 2.88 bits per heavy atom. The van der Waals surface area contributed by atoms with Gasteiger partial charge in [0.05, 0.1) is 10.6 Å². The lowest BCUT2D eigenvalue weighted by atomic mass is 10.2. The lowest BCUT2D eigenvalue weighted by Crippen LogP contribution is -2.13. The summed E-state index contributed by atoms with van der Waals surface area (Å²) in [6.07, 6.45) is 2.93. The molecule has 0 unspecified atom stereocenters. The molecule has 0 fully saturated rings. The number of anilines is 1. The highest BCUT2D eigenvalue weighted by molar-refractivity contribution is 9.10. The van der Waals surface area contributed by atoms with Crippen molar-refractivity contribution in [2.24, 2.45) is 0 Å². The van der Waals surface area contributed by atoms with Gasteiger partial charge in [-0.15, -0.1) is 0 Å². The average molecular weight is 313 g/mol. The summed E-state index contributed by atoms with van der Waals surface area (Å²) < 4.78 is 0.649. The van der Waals surface area contributed by atoms with Crippen molar-refractivity contribution in [2.75, 3.05) is 5.32 Å². The summed E-state index contributed by atoms with van der Waals surface area (Å²) in [5, 5.41) is 2.95. The van der Waals surface area contributed by atoms with Gasteiger partial charge in [0.2, 0.25) is 0 Å². The van der Waals surface area contributed by atoms with E-state index in [9.17, 15) is 4.79 Å². The third kappa shape index (κ3) is 3.01. The molecule has 0 radical (unpaired) electrons. The van der Waals surface area contributed by atoms with Crippen LogP contribution in [0.25, 0.3) is 0 Å². The van der Waals surface area contributed by atoms with Crippen molar-refractivity contribution < 1.29 is 4.79 Å². The summed E-state index contributed by atoms with van der Waals surface area (Å²) in [5.74, 6) is 0.139. The first kappa shape index (κ1) is 12.0. The maximum atomic E-state index is 11.9. The molecule has 0 aliphatic carbocycles. The number of amides is 1. The maximum absolute atomic E-state index is 11.9. The van der Waals surface area contributed by atoms with Gasteiger partial charge in [-0.2, -0.15) is 0 Å². The summed E-state index contributed by atoms with van der Waals surface area (Å²) in [5.41, 5.74) is 0.364. The molecule has 0 saturated carbocycles. The molecule has 17 heavy (non-hydrogen) atoms. The third-order valence-electron chi connectivity index (χ3n) is 1.97. The summed E-state index contributed by atoms with van der Waals surface area (Å²) >= 11 is 9.09. The van der Waals surface area contributed by atoms with Crippen molar-refractivity contribution in [1.29, 1.82) is 0 Å². The Hall–Kier alpha value is -1.46. The van der Waals surface area contributed by atoms with Gasteiger partial charge in [0, 0.05) is 12.4 Å². The van der Waals surface area contributed by atoms with Crippen LogP contribution in [0.15, 0.2) is 41.3 Å². The van der Waals surface area contributed by atoms with Gasteiger partial charge in [0.25, 0.3) is 5.91 Å². The molecule has 0 aliphatic heterocycles. The number of aromatic nitrogens is 2. The van der Waals surface area contributed by atoms with Crippen LogP contribution in [0.4, 0.5) is 5.82 Å². The van der Waals surface area contributed by atoms with Crippen LogP contribution >= 0.6 is 27.5 Å². The zero-order valence-electron chi connectivity index (χ0n) is 8.52. The van der Waals surface area contributed by atoms with E-state index in [1.165, 1.54) is 12.4 Å². The zero-order chi connectivity index (χ0) is 12.3. The predicted octanol–water partition coefficient (Wildman–Crippen LogP) is 3.14. The van der Waals surface area contributed by atoms with Gasteiger partial charge in [-0.1, -0.05) is 17.7 Å². The first-order chi connectivity index (χ1) is 8.16. The average Bonchev–Trinajstić information content (AvgIpc) is 2.29. The number of nitrogens with zero attached hydrogens (tertiary/aromatic N) is 2. The molecule has 0 bridgehead atoms. The van der Waals surface area contributed by atoms with E-state index >= 15 is 0 Å². The Morgan fingerprint density at radius 2 is 2.18 bits per heavy atom. The molecule has 2 aromatic rings. The summed E-state index contributed by atoms with van der Waals surface area (Å²) in [6.45, 7) is 0. The molecule has 2 rings (SSSR count). The molecule has 2 heterocycles. The van der Waals surface area contributed by atoms with E-state index in [1.54, 1.807) is 24.3 Å². The van der Waals surface area contributed by atoms with Crippen LogP contribution in [0.3, 0.4) is 0 Å². The molecule has 86 valence electrons. The van der Waals surface area contributed by atoms with Crippen LogP contribution in [-0.4, -0.2) is 15.9 Å². The summed E-state index contributed by atoms with van der Waals surface area (Å²) in [6, 6.07) is 6.79. The smallest absolute Gasteiger partial charge is 0.258 e. The third-order valence-corrected chi connectivity index (χ3v) is 2.72. The second-order valence-corrected chi connectivity index (χ2v) is 4.37. The number of hydrogen-bond donors (Lipinski definition) is 1. The molecule has 6 heteroatoms. The largest absolute Gasteiger partial charge is 0.306 e. The van der Waals surface area contributed by atoms with Crippen LogP contribution in [0, 0.1) is 0 Å². The highest BCUT2D eigenvalue weighted by Crippen LogP contribution is 2.16. The van der Waals surface area contributed by atoms with E-state index in [-0.39, 0.29) is 5.91 Å². The Morgan fingerprint density at radius 1 is 1.35 bits per heavy atom. The van der Waals surface area contributed by atoms with Crippen LogP contribution in [0.2, 0.25) is 5.02 Å². The Labute approximate surface area is 111 Å². The maximum Gasteiger partial charge on any atom is 0.258 e. The monoisotopic (exact) mass is 311 g/mol. The quantitative estimate of drug-likeness (QED) is 0.867. The number of carbonyl (C=O) groups is 1. The van der Waals surface area contributed by atoms with Crippen LogP contribution in [0.5, 0.6) is 0 Å². The molecule has 0 saturated heterocycles. The van der Waals surface area contributed by atoms with Crippen molar-refractivity contribution >= 4 is 39.3 Å². The molecule has 0 aromatic carbocycles. The number of carbonyl (C=O) groups excluding carboxylic acids is 1. The van der Waals surface area contributed by atoms with E-state index in [4.69, 9.17) is 11.6 Å². The summed E-state index contributed by atoms with van der Waals surface area (Å²) in [4.78, 5) is 19.8. The molecule has 1 amide bonds. The first-order valence-corrected chi connectivity index (χ1v) is 5.87. The highest BCUT2D eigenvalue weighted by Gasteiger charge is 2.10. The van der Waals surface area contributed by atoms with E-state index in [2.05, 4.69) is 31.2 Å². The van der Waals surface area contributed by atoms with Crippen LogP contribution < -0.4 is 5.32 Å². The fourth-order valence-electron chi connectivity index (χ4n) is 1.22. The van der Waals surface area contributed by atoms with E-state index < -0.39 is 0 Å². The fraction of sp³-hybridized carbons (Fsp3) is 0. The van der Waals surface area contributed by atoms with Gasteiger partial charge < -0.3 is 5.32 Å². The molecule has 0 atom stereocenters. The van der Waals surface area contributed by atoms with Crippen LogP contribution in [0.1, 0.15) is 10.4 Å². The molecule has 1 N–H and O–H groups in total. The number of nitrogens with one attached hydrogen (secondary N) is 1. The van der Waals surface area contributed by atoms with Crippen molar-refractivity contribution in [1.82, 2.24) is 9.97 Å². The second-order valence-electron chi connectivity index (χ2n) is 3.16. The van der Waals surface area contributed by atoms with Gasteiger partial charge in [-0.05, 0) is 34.1 Å². The Kier molecular flexibility index (Phi) is 3.71. The van der Waals surface area contributed by atoms with Crippen molar-refractivity contribution in [3.63, 3.8) is 0 Å². The zero-order valence-corrected chi connectivity index (χ0v) is 10.9. The predicted molar refractivity (Wildman–Crippen MR) is 69.1 cm³/mol. The molecule has 4 nitrogen and oxygen atoms in total. The normalized spacial score (nSPS) is 10.0. The van der Waals surface area contributed by atoms with Gasteiger partial charge >= 0.3 is 0 Å². The van der Waals surface area contributed by atoms with Gasteiger partial charge in [-0.3, -0.25) is 9.78 Å². The topological polar surface area (TPSA) is 54.9 Å². The fourth-order valence-corrected chi connectivity index (χ4v) is 1.77. The number of hydrogen-bond acceptors (Lipinski definition) is 3. The minimum absolute atomic E-state index is 0.306. The lowest BCUT2D eigenvalue weighted by Gasteiger charge is -2.05. The standard InChI is InChI=1S/C11H7BrClN3O/c12-9-2-1-3-10(15-9)16-11(17)7-4-5-14-6-8(7)13/h1-6H,(H,15,16,17). The first-order valence-electron chi connectivity index (χ1n) is 4.70. The SMILES string of the molecule is O=C(Nc1cccc(Br)n1)c1ccncc1Cl. The van der Waals surface area contributed by atoms with E-state index in [0.29, 0.717) is 21.0 Å². The number of rotatable bonds is 2. The van der Waals surface area contributed by atoms with Crippen molar-refractivity contribution in [3.8, 4) is 0 Å². The van der Waals surface area contributed by atoms with Gasteiger partial charge in [0.15, 0.2) is 0 Å². The summed E-state index contributed by atoms with van der Waals surface area (Å²) in [7, 11) is 0. The molecular formula is C11H7BrClN3O. The van der Waals surface area contributed by atoms with Crippen molar-refractivity contribution in [2.45, 2.75) is 0 Å². The van der Waals surface area contributed by atoms with E-state index in [0.717, 1.165) is 0 Å². The minimum atomic E-state index is -0.317. The molecule has 0 aliphatic rings. The minimum Gasteiger partial charge on any atom is -0.306 e. The van der Waals surface area contributed by atoms with Crippen molar-refractivity contribution in [3.05, 3.63) is 51.8 Å². The Balaban J connectivity index is 2.20. The number of halogens is 2. The van der Waals surface area contributed by atoms with Gasteiger partial charge in [-0.25, -0.2) is 4.98 Å². The van der Waals surface area contributed by atoms with Crippen LogP contribution in [-0.2, 0) is 0 Å². The highest BCUT2D eigenvalue weighted by atomic mass is 79.9. The van der Waals surface area contributed by atoms with E-state index in [1.807, 2.05) is 0 Å². The molecular weight excluding hydrogens is 305 g/mol. The number of pyridine rings is 2. The lowest BCUT2D eigenvalue weighted by molar-refractivity contribution is 0.102. The second kappa shape index (κ2) is 5.25. The van der Waals surface area contributed by atoms with Gasteiger partial charge in [0.1, 0.15) is 10.4 Å².